The fourth-order valence-electron chi connectivity index (χ4n) is 3.40. The summed E-state index contributed by atoms with van der Waals surface area (Å²) in [6, 6.07) is 1.78. The van der Waals surface area contributed by atoms with E-state index in [9.17, 15) is 22.8 Å². The third-order valence-electron chi connectivity index (χ3n) is 4.86. The normalized spacial score (nSPS) is 18.2. The minimum Gasteiger partial charge on any atom is -0.355 e. The van der Waals surface area contributed by atoms with Crippen LogP contribution in [0, 0.1) is 5.92 Å². The number of amides is 1. The van der Waals surface area contributed by atoms with E-state index in [0.29, 0.717) is 41.7 Å². The maximum Gasteiger partial charge on any atom is 0.389 e. The molecule has 1 atom stereocenters. The molecular formula is C18H22F3N5O2. The van der Waals surface area contributed by atoms with Gasteiger partial charge < -0.3 is 15.7 Å². The molecule has 2 aromatic rings. The Morgan fingerprint density at radius 1 is 1.39 bits per heavy atom. The summed E-state index contributed by atoms with van der Waals surface area (Å²) in [5, 5.41) is 5.07. The molecule has 0 radical (unpaired) electrons. The number of anilines is 1. The Hall–Kier alpha value is -2.62. The highest BCUT2D eigenvalue weighted by atomic mass is 19.4. The first kappa shape index (κ1) is 20.1. The lowest BCUT2D eigenvalue weighted by molar-refractivity contribution is -0.145. The molecule has 0 unspecified atom stereocenters. The van der Waals surface area contributed by atoms with Crippen LogP contribution in [-0.2, 0) is 4.79 Å². The Labute approximate surface area is 159 Å². The van der Waals surface area contributed by atoms with Gasteiger partial charge in [-0.05, 0) is 18.9 Å². The molecule has 152 valence electrons. The summed E-state index contributed by atoms with van der Waals surface area (Å²) in [5.74, 6) is -1.15. The molecule has 1 aliphatic rings. The summed E-state index contributed by atoms with van der Waals surface area (Å²) in [6.45, 7) is 0.905. The Balaban J connectivity index is 1.75. The number of H-pyrrole nitrogens is 1. The van der Waals surface area contributed by atoms with Gasteiger partial charge in [0.05, 0.1) is 17.7 Å². The molecule has 10 heteroatoms. The van der Waals surface area contributed by atoms with Crippen molar-refractivity contribution in [3.8, 4) is 0 Å². The number of ketones is 1. The van der Waals surface area contributed by atoms with Crippen LogP contribution in [0.3, 0.4) is 0 Å². The number of fused-ring (bicyclic) bond motifs is 1. The fraction of sp³-hybridized carbons (Fsp3) is 0.500. The van der Waals surface area contributed by atoms with Gasteiger partial charge in [-0.1, -0.05) is 0 Å². The highest BCUT2D eigenvalue weighted by Gasteiger charge is 2.32. The first-order valence-electron chi connectivity index (χ1n) is 9.07. The van der Waals surface area contributed by atoms with Crippen LogP contribution in [0.5, 0.6) is 0 Å². The number of nitrogens with zero attached hydrogens (tertiary/aromatic N) is 2. The van der Waals surface area contributed by atoms with Crippen LogP contribution in [0.1, 0.15) is 36.0 Å². The summed E-state index contributed by atoms with van der Waals surface area (Å²) in [6.07, 6.45) is -1.53. The third-order valence-corrected chi connectivity index (χ3v) is 4.86. The highest BCUT2D eigenvalue weighted by molar-refractivity contribution is 6.06. The number of carbonyl (C=O) groups excluding carboxylic acids is 2. The first-order valence-corrected chi connectivity index (χ1v) is 9.07. The molecule has 1 fully saturated rings. The molecular weight excluding hydrogens is 375 g/mol. The van der Waals surface area contributed by atoms with E-state index in [1.54, 1.807) is 17.3 Å². The van der Waals surface area contributed by atoms with E-state index < -0.39 is 24.9 Å². The quantitative estimate of drug-likeness (QED) is 0.697. The number of hydrogen-bond donors (Lipinski definition) is 3. The summed E-state index contributed by atoms with van der Waals surface area (Å²) in [5.41, 5.74) is 4.69. The van der Waals surface area contributed by atoms with Gasteiger partial charge in [-0.25, -0.2) is 9.99 Å². The van der Waals surface area contributed by atoms with Gasteiger partial charge in [0.1, 0.15) is 11.4 Å². The van der Waals surface area contributed by atoms with Crippen molar-refractivity contribution in [1.29, 1.82) is 0 Å². The molecule has 3 heterocycles. The second kappa shape index (κ2) is 8.17. The predicted octanol–water partition coefficient (Wildman–Crippen LogP) is 2.87. The number of aromatic amines is 1. The summed E-state index contributed by atoms with van der Waals surface area (Å²) < 4.78 is 37.2. The van der Waals surface area contributed by atoms with Gasteiger partial charge in [-0.15, -0.1) is 0 Å². The smallest absolute Gasteiger partial charge is 0.355 e. The molecule has 3 rings (SSSR count). The summed E-state index contributed by atoms with van der Waals surface area (Å²) >= 11 is 0. The van der Waals surface area contributed by atoms with Crippen molar-refractivity contribution in [3.63, 3.8) is 0 Å². The average Bonchev–Trinajstić information content (AvgIpc) is 3.14. The minimum atomic E-state index is -4.33. The van der Waals surface area contributed by atoms with E-state index in [0.717, 1.165) is 0 Å². The van der Waals surface area contributed by atoms with Gasteiger partial charge in [0, 0.05) is 50.3 Å². The van der Waals surface area contributed by atoms with Crippen LogP contribution in [0.4, 0.5) is 18.9 Å². The zero-order chi connectivity index (χ0) is 20.3. The van der Waals surface area contributed by atoms with Crippen molar-refractivity contribution in [1.82, 2.24) is 20.3 Å². The van der Waals surface area contributed by atoms with Crippen LogP contribution in [0.15, 0.2) is 18.5 Å². The van der Waals surface area contributed by atoms with E-state index in [1.807, 2.05) is 0 Å². The number of aromatic nitrogens is 2. The highest BCUT2D eigenvalue weighted by Crippen LogP contribution is 2.29. The summed E-state index contributed by atoms with van der Waals surface area (Å²) in [4.78, 5) is 31.6. The van der Waals surface area contributed by atoms with Gasteiger partial charge in [0.15, 0.2) is 0 Å². The molecule has 0 bridgehead atoms. The predicted molar refractivity (Wildman–Crippen MR) is 97.7 cm³/mol. The fourth-order valence-corrected chi connectivity index (χ4v) is 3.40. The van der Waals surface area contributed by atoms with Crippen molar-refractivity contribution in [3.05, 3.63) is 24.0 Å². The number of alkyl halides is 3. The van der Waals surface area contributed by atoms with Gasteiger partial charge in [0.25, 0.3) is 5.91 Å². The van der Waals surface area contributed by atoms with Crippen molar-refractivity contribution in [2.24, 2.45) is 5.92 Å². The third kappa shape index (κ3) is 4.61. The monoisotopic (exact) mass is 397 g/mol. The van der Waals surface area contributed by atoms with E-state index in [1.165, 1.54) is 13.2 Å². The second-order valence-electron chi connectivity index (χ2n) is 6.84. The van der Waals surface area contributed by atoms with Crippen LogP contribution >= 0.6 is 0 Å². The maximum atomic E-state index is 12.4. The lowest BCUT2D eigenvalue weighted by atomic mass is 9.92. The Bertz CT molecular complexity index is 865. The SMILES string of the molecule is CNC(=O)c1cnc2[nH]ccc2c1NN1CCC[C@@H](C(=O)CCC(F)(F)F)C1. The number of hydrazine groups is 1. The van der Waals surface area contributed by atoms with Crippen molar-refractivity contribution >= 4 is 28.4 Å². The maximum absolute atomic E-state index is 12.4. The number of Topliss-reactive ketones (excluding diaryl/α,β-unsaturated/α-hetero) is 1. The molecule has 7 nitrogen and oxygen atoms in total. The molecule has 28 heavy (non-hydrogen) atoms. The minimum absolute atomic E-state index is 0.290. The molecule has 0 aliphatic carbocycles. The number of pyridine rings is 1. The van der Waals surface area contributed by atoms with Gasteiger partial charge in [-0.3, -0.25) is 9.59 Å². The lowest BCUT2D eigenvalue weighted by Gasteiger charge is -2.33. The second-order valence-corrected chi connectivity index (χ2v) is 6.84. The number of nitrogens with one attached hydrogen (secondary N) is 3. The van der Waals surface area contributed by atoms with E-state index in [-0.39, 0.29) is 18.2 Å². The molecule has 3 N–H and O–H groups in total. The Kier molecular flexibility index (Phi) is 5.87. The number of rotatable bonds is 6. The van der Waals surface area contributed by atoms with Gasteiger partial charge in [0.2, 0.25) is 0 Å². The topological polar surface area (TPSA) is 90.1 Å². The van der Waals surface area contributed by atoms with Crippen LogP contribution in [-0.4, -0.2) is 53.0 Å². The lowest BCUT2D eigenvalue weighted by Crippen LogP contribution is -2.42. The van der Waals surface area contributed by atoms with Gasteiger partial charge in [-0.2, -0.15) is 13.2 Å². The van der Waals surface area contributed by atoms with E-state index in [2.05, 4.69) is 20.7 Å². The van der Waals surface area contributed by atoms with Crippen LogP contribution < -0.4 is 10.7 Å². The standard InChI is InChI=1S/C18H22F3N5O2/c1-22-17(28)13-9-24-16-12(5-7-23-16)15(13)25-26-8-2-3-11(10-26)14(27)4-6-18(19,20)21/h5,7,9,11H,2-4,6,8,10H2,1H3,(H,22,28)(H2,23,24,25)/t11-/m1/s1. The van der Waals surface area contributed by atoms with Crippen LogP contribution in [0.25, 0.3) is 11.0 Å². The number of hydrogen-bond acceptors (Lipinski definition) is 5. The largest absolute Gasteiger partial charge is 0.389 e. The van der Waals surface area contributed by atoms with Crippen molar-refractivity contribution in [2.45, 2.75) is 31.9 Å². The van der Waals surface area contributed by atoms with E-state index in [4.69, 9.17) is 0 Å². The molecule has 1 saturated heterocycles. The molecule has 0 aromatic carbocycles. The van der Waals surface area contributed by atoms with Gasteiger partial charge >= 0.3 is 6.18 Å². The van der Waals surface area contributed by atoms with Crippen molar-refractivity contribution in [2.75, 3.05) is 25.6 Å². The molecule has 2 aromatic heterocycles. The van der Waals surface area contributed by atoms with Crippen LogP contribution in [0.2, 0.25) is 0 Å². The molecule has 1 aliphatic heterocycles. The number of halogens is 3. The zero-order valence-corrected chi connectivity index (χ0v) is 15.4. The molecule has 0 saturated carbocycles. The molecule has 0 spiro atoms. The first-order chi connectivity index (χ1) is 13.3. The molecule has 1 amide bonds. The van der Waals surface area contributed by atoms with Crippen molar-refractivity contribution < 1.29 is 22.8 Å². The Morgan fingerprint density at radius 3 is 2.89 bits per heavy atom. The van der Waals surface area contributed by atoms with E-state index >= 15 is 0 Å². The number of carbonyl (C=O) groups is 2. The summed E-state index contributed by atoms with van der Waals surface area (Å²) in [7, 11) is 1.52. The zero-order valence-electron chi connectivity index (χ0n) is 15.4. The Morgan fingerprint density at radius 2 is 2.18 bits per heavy atom. The number of piperidine rings is 1. The average molecular weight is 397 g/mol.